The van der Waals surface area contributed by atoms with E-state index in [1.165, 1.54) is 0 Å². The van der Waals surface area contributed by atoms with Gasteiger partial charge < -0.3 is 29.5 Å². The van der Waals surface area contributed by atoms with Crippen LogP contribution in [0.25, 0.3) is 0 Å². The molecule has 0 aliphatic rings. The van der Waals surface area contributed by atoms with Crippen LogP contribution in [0.15, 0.2) is 0 Å². The van der Waals surface area contributed by atoms with Crippen molar-refractivity contribution in [3.05, 3.63) is 0 Å². The Morgan fingerprint density at radius 2 is 1.48 bits per heavy atom. The van der Waals surface area contributed by atoms with Crippen LogP contribution in [-0.4, -0.2) is 69.2 Å². The first-order chi connectivity index (χ1) is 9.68. The molecule has 0 heterocycles. The second-order valence-corrected chi connectivity index (χ2v) is 4.43. The number of aliphatic hydroxyl groups excluding tert-OH is 3. The zero-order chi connectivity index (χ0) is 16.6. The minimum Gasteiger partial charge on any atom is -0.450 e. The molecule has 4 atom stereocenters. The Labute approximate surface area is 133 Å². The van der Waals surface area contributed by atoms with E-state index >= 15 is 0 Å². The Balaban J connectivity index is 5.17. The van der Waals surface area contributed by atoms with Crippen molar-refractivity contribution in [3.63, 3.8) is 0 Å². The van der Waals surface area contributed by atoms with E-state index in [0.29, 0.717) is 0 Å². The van der Waals surface area contributed by atoms with Gasteiger partial charge in [-0.3, -0.25) is 0 Å². The SMILES string of the molecule is O=C(Cl)OC[C@@H](OC(=O)Cl)[C@@H](OC(=O)Cl)[C@H](O)[C@H](O)CO. The van der Waals surface area contributed by atoms with Gasteiger partial charge in [0.05, 0.1) is 6.61 Å². The molecule has 0 rings (SSSR count). The van der Waals surface area contributed by atoms with Crippen molar-refractivity contribution in [3.8, 4) is 0 Å². The quantitative estimate of drug-likeness (QED) is 0.413. The van der Waals surface area contributed by atoms with E-state index in [4.69, 9.17) is 39.9 Å². The van der Waals surface area contributed by atoms with Crippen LogP contribution in [0.3, 0.4) is 0 Å². The summed E-state index contributed by atoms with van der Waals surface area (Å²) in [6.45, 7) is -1.67. The maximum atomic E-state index is 10.8. The second kappa shape index (κ2) is 9.98. The lowest BCUT2D eigenvalue weighted by Gasteiger charge is -2.30. The molecule has 122 valence electrons. The van der Waals surface area contributed by atoms with Gasteiger partial charge in [-0.1, -0.05) is 0 Å². The molecule has 0 aromatic heterocycles. The summed E-state index contributed by atoms with van der Waals surface area (Å²) < 4.78 is 13.3. The van der Waals surface area contributed by atoms with E-state index in [-0.39, 0.29) is 0 Å². The second-order valence-electron chi connectivity index (χ2n) is 3.50. The minimum atomic E-state index is -1.92. The van der Waals surface area contributed by atoms with E-state index in [1.54, 1.807) is 0 Å². The minimum absolute atomic E-state index is 0.759. The van der Waals surface area contributed by atoms with Gasteiger partial charge in [-0.15, -0.1) is 0 Å². The zero-order valence-electron chi connectivity index (χ0n) is 10.1. The van der Waals surface area contributed by atoms with E-state index < -0.39 is 53.9 Å². The molecule has 0 saturated heterocycles. The van der Waals surface area contributed by atoms with E-state index in [2.05, 4.69) is 14.2 Å². The molecule has 0 radical (unpaired) electrons. The van der Waals surface area contributed by atoms with Gasteiger partial charge in [0.15, 0.2) is 12.2 Å². The largest absolute Gasteiger partial charge is 0.450 e. The molecule has 3 N–H and O–H groups in total. The van der Waals surface area contributed by atoms with Gasteiger partial charge in [-0.2, -0.15) is 0 Å². The van der Waals surface area contributed by atoms with Gasteiger partial charge in [-0.25, -0.2) is 14.4 Å². The van der Waals surface area contributed by atoms with Crippen LogP contribution in [0.5, 0.6) is 0 Å². The number of carbonyl (C=O) groups excluding carboxylic acids is 3. The van der Waals surface area contributed by atoms with Crippen LogP contribution in [0.4, 0.5) is 14.4 Å². The zero-order valence-corrected chi connectivity index (χ0v) is 12.4. The first-order valence-corrected chi connectivity index (χ1v) is 6.33. The topological polar surface area (TPSA) is 140 Å². The Hall–Kier alpha value is -0.840. The summed E-state index contributed by atoms with van der Waals surface area (Å²) in [5, 5.41) is 27.8. The van der Waals surface area contributed by atoms with Gasteiger partial charge in [0.1, 0.15) is 18.8 Å². The van der Waals surface area contributed by atoms with Crippen molar-refractivity contribution in [1.82, 2.24) is 0 Å². The molecule has 0 aromatic rings. The summed E-state index contributed by atoms with van der Waals surface area (Å²) in [5.41, 5.74) is -4.08. The molecular weight excluding hydrogens is 358 g/mol. The lowest BCUT2D eigenvalue weighted by molar-refractivity contribution is -0.120. The van der Waals surface area contributed by atoms with Crippen molar-refractivity contribution in [2.45, 2.75) is 24.4 Å². The molecule has 0 fully saturated rings. The normalized spacial score (nSPS) is 16.3. The smallest absolute Gasteiger partial charge is 0.404 e. The molecule has 0 aliphatic heterocycles. The van der Waals surface area contributed by atoms with Gasteiger partial charge in [0, 0.05) is 34.8 Å². The van der Waals surface area contributed by atoms with Crippen molar-refractivity contribution in [1.29, 1.82) is 0 Å². The fourth-order valence-corrected chi connectivity index (χ4v) is 1.54. The van der Waals surface area contributed by atoms with E-state index in [1.807, 2.05) is 0 Å². The highest BCUT2D eigenvalue weighted by molar-refractivity contribution is 6.61. The molecule has 0 bridgehead atoms. The van der Waals surface area contributed by atoms with Crippen LogP contribution in [0.2, 0.25) is 0 Å². The summed E-state index contributed by atoms with van der Waals surface area (Å²) in [7, 11) is 0. The lowest BCUT2D eigenvalue weighted by atomic mass is 10.0. The number of hydrogen-bond donors (Lipinski definition) is 3. The third-order valence-corrected chi connectivity index (χ3v) is 2.41. The van der Waals surface area contributed by atoms with Gasteiger partial charge >= 0.3 is 16.3 Å². The highest BCUT2D eigenvalue weighted by Gasteiger charge is 2.38. The molecule has 12 heteroatoms. The highest BCUT2D eigenvalue weighted by Crippen LogP contribution is 2.16. The van der Waals surface area contributed by atoms with Crippen molar-refractivity contribution >= 4 is 51.1 Å². The first-order valence-electron chi connectivity index (χ1n) is 5.20. The third-order valence-electron chi connectivity index (χ3n) is 2.12. The fraction of sp³-hybridized carbons (Fsp3) is 0.667. The molecule has 0 unspecified atom stereocenters. The lowest BCUT2D eigenvalue weighted by Crippen LogP contribution is -2.50. The molecule has 0 aliphatic carbocycles. The van der Waals surface area contributed by atoms with Crippen molar-refractivity contribution < 1.29 is 43.9 Å². The maximum absolute atomic E-state index is 10.8. The van der Waals surface area contributed by atoms with Gasteiger partial charge in [0.2, 0.25) is 0 Å². The monoisotopic (exact) mass is 368 g/mol. The molecule has 0 saturated carbocycles. The van der Waals surface area contributed by atoms with Crippen LogP contribution < -0.4 is 0 Å². The Bertz CT molecular complexity index is 377. The van der Waals surface area contributed by atoms with Gasteiger partial charge in [-0.05, 0) is 0 Å². The Morgan fingerprint density at radius 1 is 0.952 bits per heavy atom. The average molecular weight is 370 g/mol. The molecule has 21 heavy (non-hydrogen) atoms. The molecule has 9 nitrogen and oxygen atoms in total. The molecule has 0 spiro atoms. The standard InChI is InChI=1S/C9H11Cl3O9/c10-7(16)19-2-4(20-8(11)17)6(21-9(12)18)5(15)3(14)1-13/h3-6,13-15H,1-2H2/t3-,4-,5-,6-/m1/s1. The summed E-state index contributed by atoms with van der Waals surface area (Å²) in [4.78, 5) is 32.1. The van der Waals surface area contributed by atoms with Crippen molar-refractivity contribution in [2.75, 3.05) is 13.2 Å². The molecule has 0 aromatic carbocycles. The number of aliphatic hydroxyl groups is 3. The predicted octanol–water partition coefficient (Wildman–Crippen LogP) is 0.564. The fourth-order valence-electron chi connectivity index (χ4n) is 1.26. The Morgan fingerprint density at radius 3 is 1.86 bits per heavy atom. The summed E-state index contributed by atoms with van der Waals surface area (Å²) in [6, 6.07) is 0. The molecular formula is C9H11Cl3O9. The summed E-state index contributed by atoms with van der Waals surface area (Å²) >= 11 is 14.9. The number of ether oxygens (including phenoxy) is 3. The number of carbonyl (C=O) groups is 3. The van der Waals surface area contributed by atoms with E-state index in [9.17, 15) is 24.6 Å². The number of halogens is 3. The Kier molecular flexibility index (Phi) is 9.58. The number of hydrogen-bond acceptors (Lipinski definition) is 9. The number of rotatable bonds is 8. The third kappa shape index (κ3) is 8.24. The van der Waals surface area contributed by atoms with Crippen LogP contribution in [-0.2, 0) is 14.2 Å². The average Bonchev–Trinajstić information content (AvgIpc) is 2.38. The van der Waals surface area contributed by atoms with Crippen LogP contribution in [0, 0.1) is 0 Å². The first kappa shape index (κ1) is 20.2. The summed E-state index contributed by atoms with van der Waals surface area (Å²) in [6.07, 6.45) is -7.10. The van der Waals surface area contributed by atoms with E-state index in [0.717, 1.165) is 0 Å². The predicted molar refractivity (Wildman–Crippen MR) is 68.5 cm³/mol. The highest BCUT2D eigenvalue weighted by atomic mass is 35.5. The van der Waals surface area contributed by atoms with Gasteiger partial charge in [0.25, 0.3) is 0 Å². The van der Waals surface area contributed by atoms with Crippen molar-refractivity contribution in [2.24, 2.45) is 0 Å². The molecule has 0 amide bonds. The maximum Gasteiger partial charge on any atom is 0.404 e. The van der Waals surface area contributed by atoms with Crippen LogP contribution >= 0.6 is 34.8 Å². The van der Waals surface area contributed by atoms with Crippen LogP contribution in [0.1, 0.15) is 0 Å². The summed E-state index contributed by atoms with van der Waals surface area (Å²) in [5.74, 6) is 0.